The van der Waals surface area contributed by atoms with Crippen LogP contribution < -0.4 is 0 Å². The molecule has 1 unspecified atom stereocenters. The Morgan fingerprint density at radius 1 is 1.40 bits per heavy atom. The molecule has 1 heterocycles. The van der Waals surface area contributed by atoms with Crippen LogP contribution in [0.1, 0.15) is 12.0 Å². The van der Waals surface area contributed by atoms with E-state index in [1.54, 1.807) is 18.2 Å². The monoisotopic (exact) mass is 208 g/mol. The highest BCUT2D eigenvalue weighted by Crippen LogP contribution is 2.17. The fourth-order valence-electron chi connectivity index (χ4n) is 1.80. The molecule has 0 bridgehead atoms. The molecule has 1 aliphatic rings. The van der Waals surface area contributed by atoms with E-state index in [9.17, 15) is 9.18 Å². The van der Waals surface area contributed by atoms with Crippen LogP contribution in [0.25, 0.3) is 0 Å². The van der Waals surface area contributed by atoms with Gasteiger partial charge in [-0.3, -0.25) is 4.79 Å². The number of hydrogen-bond donors (Lipinski definition) is 0. The van der Waals surface area contributed by atoms with Crippen LogP contribution in [0.3, 0.4) is 0 Å². The second-order valence-electron chi connectivity index (χ2n) is 3.78. The number of ether oxygens (including phenoxy) is 1. The summed E-state index contributed by atoms with van der Waals surface area (Å²) in [5.41, 5.74) is 0.598. The van der Waals surface area contributed by atoms with Gasteiger partial charge in [-0.1, -0.05) is 18.2 Å². The van der Waals surface area contributed by atoms with Gasteiger partial charge >= 0.3 is 0 Å². The Morgan fingerprint density at radius 3 is 2.93 bits per heavy atom. The molecule has 1 aliphatic heterocycles. The van der Waals surface area contributed by atoms with E-state index in [0.29, 0.717) is 31.6 Å². The predicted octanol–water partition coefficient (Wildman–Crippen LogP) is 1.97. The molecule has 15 heavy (non-hydrogen) atoms. The van der Waals surface area contributed by atoms with Crippen LogP contribution in [0.2, 0.25) is 0 Å². The van der Waals surface area contributed by atoms with Gasteiger partial charge in [0.2, 0.25) is 0 Å². The third-order valence-electron chi connectivity index (χ3n) is 2.69. The molecule has 80 valence electrons. The minimum atomic E-state index is -0.240. The molecule has 0 aliphatic carbocycles. The Labute approximate surface area is 88.1 Å². The van der Waals surface area contributed by atoms with Gasteiger partial charge in [-0.25, -0.2) is 4.39 Å². The average molecular weight is 208 g/mol. The number of benzene rings is 1. The van der Waals surface area contributed by atoms with Crippen molar-refractivity contribution in [2.24, 2.45) is 5.92 Å². The maximum absolute atomic E-state index is 13.3. The molecule has 0 saturated carbocycles. The van der Waals surface area contributed by atoms with Crippen LogP contribution in [0.4, 0.5) is 4.39 Å². The van der Waals surface area contributed by atoms with E-state index in [1.165, 1.54) is 6.07 Å². The summed E-state index contributed by atoms with van der Waals surface area (Å²) in [6.45, 7) is 0.930. The molecule has 1 saturated heterocycles. The Kier molecular flexibility index (Phi) is 3.11. The highest BCUT2D eigenvalue weighted by atomic mass is 19.1. The Balaban J connectivity index is 2.08. The number of Topliss-reactive ketones (excluding diaryl/α,β-unsaturated/α-hetero) is 1. The van der Waals surface area contributed by atoms with Gasteiger partial charge in [0, 0.05) is 12.3 Å². The molecular weight excluding hydrogens is 195 g/mol. The lowest BCUT2D eigenvalue weighted by Crippen LogP contribution is -2.29. The first-order valence-electron chi connectivity index (χ1n) is 5.11. The van der Waals surface area contributed by atoms with Crippen molar-refractivity contribution in [3.05, 3.63) is 35.6 Å². The standard InChI is InChI=1S/C12H13FO2/c13-11-4-2-1-3-9(11)7-10-8-15-6-5-12(10)14/h1-4,10H,5-8H2. The van der Waals surface area contributed by atoms with Gasteiger partial charge in [-0.2, -0.15) is 0 Å². The van der Waals surface area contributed by atoms with Crippen molar-refractivity contribution in [1.29, 1.82) is 0 Å². The molecule has 0 radical (unpaired) electrons. The van der Waals surface area contributed by atoms with Gasteiger partial charge in [0.25, 0.3) is 0 Å². The minimum Gasteiger partial charge on any atom is -0.380 e. The van der Waals surface area contributed by atoms with Crippen LogP contribution >= 0.6 is 0 Å². The third-order valence-corrected chi connectivity index (χ3v) is 2.69. The van der Waals surface area contributed by atoms with Crippen molar-refractivity contribution in [3.8, 4) is 0 Å². The van der Waals surface area contributed by atoms with E-state index in [1.807, 2.05) is 0 Å². The summed E-state index contributed by atoms with van der Waals surface area (Å²) in [4.78, 5) is 11.5. The summed E-state index contributed by atoms with van der Waals surface area (Å²) in [6, 6.07) is 6.57. The normalized spacial score (nSPS) is 21.7. The van der Waals surface area contributed by atoms with E-state index in [-0.39, 0.29) is 17.5 Å². The summed E-state index contributed by atoms with van der Waals surface area (Å²) in [5, 5.41) is 0. The first-order valence-corrected chi connectivity index (χ1v) is 5.11. The second-order valence-corrected chi connectivity index (χ2v) is 3.78. The number of halogens is 1. The van der Waals surface area contributed by atoms with Gasteiger partial charge in [0.05, 0.1) is 13.2 Å². The van der Waals surface area contributed by atoms with Crippen molar-refractivity contribution in [1.82, 2.24) is 0 Å². The minimum absolute atomic E-state index is 0.171. The van der Waals surface area contributed by atoms with Crippen LogP contribution in [0, 0.1) is 11.7 Å². The predicted molar refractivity (Wildman–Crippen MR) is 54.0 cm³/mol. The van der Waals surface area contributed by atoms with E-state index >= 15 is 0 Å². The molecule has 2 nitrogen and oxygen atoms in total. The van der Waals surface area contributed by atoms with Crippen molar-refractivity contribution in [2.75, 3.05) is 13.2 Å². The Hall–Kier alpha value is -1.22. The molecule has 0 amide bonds. The topological polar surface area (TPSA) is 26.3 Å². The molecular formula is C12H13FO2. The summed E-state index contributed by atoms with van der Waals surface area (Å²) in [5.74, 6) is -0.226. The first kappa shape index (κ1) is 10.3. The van der Waals surface area contributed by atoms with Crippen molar-refractivity contribution in [3.63, 3.8) is 0 Å². The van der Waals surface area contributed by atoms with E-state index in [4.69, 9.17) is 4.74 Å². The van der Waals surface area contributed by atoms with Gasteiger partial charge in [-0.05, 0) is 18.1 Å². The fourth-order valence-corrected chi connectivity index (χ4v) is 1.80. The van der Waals surface area contributed by atoms with Crippen molar-refractivity contribution in [2.45, 2.75) is 12.8 Å². The maximum Gasteiger partial charge on any atom is 0.140 e. The van der Waals surface area contributed by atoms with Crippen LogP contribution in [0.15, 0.2) is 24.3 Å². The molecule has 0 spiro atoms. The van der Waals surface area contributed by atoms with Crippen molar-refractivity contribution >= 4 is 5.78 Å². The molecule has 1 atom stereocenters. The average Bonchev–Trinajstić information content (AvgIpc) is 2.24. The molecule has 1 aromatic carbocycles. The zero-order valence-electron chi connectivity index (χ0n) is 8.41. The summed E-state index contributed by atoms with van der Waals surface area (Å²) in [6.07, 6.45) is 0.907. The largest absolute Gasteiger partial charge is 0.380 e. The molecule has 1 aromatic rings. The smallest absolute Gasteiger partial charge is 0.140 e. The van der Waals surface area contributed by atoms with Gasteiger partial charge in [0.15, 0.2) is 0 Å². The molecule has 3 heteroatoms. The van der Waals surface area contributed by atoms with Gasteiger partial charge in [0.1, 0.15) is 11.6 Å². The van der Waals surface area contributed by atoms with E-state index < -0.39 is 0 Å². The lowest BCUT2D eigenvalue weighted by molar-refractivity contribution is -0.130. The summed E-state index contributed by atoms with van der Waals surface area (Å²) < 4.78 is 18.5. The van der Waals surface area contributed by atoms with E-state index in [2.05, 4.69) is 0 Å². The fraction of sp³-hybridized carbons (Fsp3) is 0.417. The first-order chi connectivity index (χ1) is 7.27. The summed E-state index contributed by atoms with van der Waals surface area (Å²) >= 11 is 0. The zero-order valence-corrected chi connectivity index (χ0v) is 8.41. The van der Waals surface area contributed by atoms with E-state index in [0.717, 1.165) is 0 Å². The SMILES string of the molecule is O=C1CCOCC1Cc1ccccc1F. The van der Waals surface area contributed by atoms with Gasteiger partial charge in [-0.15, -0.1) is 0 Å². The number of rotatable bonds is 2. The number of carbonyl (C=O) groups excluding carboxylic acids is 1. The van der Waals surface area contributed by atoms with Crippen LogP contribution in [0.5, 0.6) is 0 Å². The van der Waals surface area contributed by atoms with Crippen LogP contribution in [-0.4, -0.2) is 19.0 Å². The summed E-state index contributed by atoms with van der Waals surface area (Å²) in [7, 11) is 0. The lowest BCUT2D eigenvalue weighted by Gasteiger charge is -2.20. The van der Waals surface area contributed by atoms with Crippen molar-refractivity contribution < 1.29 is 13.9 Å². The quantitative estimate of drug-likeness (QED) is 0.742. The second kappa shape index (κ2) is 4.53. The highest BCUT2D eigenvalue weighted by Gasteiger charge is 2.23. The number of ketones is 1. The maximum atomic E-state index is 13.3. The highest BCUT2D eigenvalue weighted by molar-refractivity contribution is 5.82. The Bertz CT molecular complexity index is 362. The molecule has 2 rings (SSSR count). The molecule has 0 N–H and O–H groups in total. The van der Waals surface area contributed by atoms with Gasteiger partial charge < -0.3 is 4.74 Å². The number of carbonyl (C=O) groups is 1. The molecule has 0 aromatic heterocycles. The lowest BCUT2D eigenvalue weighted by atomic mass is 9.93. The zero-order chi connectivity index (χ0) is 10.7. The van der Waals surface area contributed by atoms with Crippen LogP contribution in [-0.2, 0) is 16.0 Å². The number of hydrogen-bond acceptors (Lipinski definition) is 2. The Morgan fingerprint density at radius 2 is 2.20 bits per heavy atom. The third kappa shape index (κ3) is 2.42. The molecule has 1 fully saturated rings.